The number of nitrogens with zero attached hydrogens (tertiary/aromatic N) is 3. The van der Waals surface area contributed by atoms with Crippen molar-refractivity contribution < 1.29 is 22.4 Å². The number of aromatic nitrogens is 2. The number of nitrogens with one attached hydrogen (secondary N) is 1. The van der Waals surface area contributed by atoms with Gasteiger partial charge in [0.15, 0.2) is 0 Å². The Hall–Kier alpha value is -2.91. The Morgan fingerprint density at radius 2 is 2.04 bits per heavy atom. The molecule has 0 saturated heterocycles. The lowest BCUT2D eigenvalue weighted by molar-refractivity contribution is 0.112. The molecule has 0 radical (unpaired) electrons. The maximum atomic E-state index is 13.4. The molecule has 1 N–H and O–H groups in total. The molecule has 3 aromatic rings. The summed E-state index contributed by atoms with van der Waals surface area (Å²) < 4.78 is 43.5. The number of halogens is 4. The summed E-state index contributed by atoms with van der Waals surface area (Å²) in [6.07, 6.45) is -2.24. The Morgan fingerprint density at radius 3 is 2.64 bits per heavy atom. The summed E-state index contributed by atoms with van der Waals surface area (Å²) in [6, 6.07) is 8.92. The number of rotatable bonds is 7. The number of carbonyl (C=O) groups is 1. The van der Waals surface area contributed by atoms with Gasteiger partial charge in [0.2, 0.25) is 5.89 Å². The summed E-state index contributed by atoms with van der Waals surface area (Å²) in [6.45, 7) is 0.249. The van der Waals surface area contributed by atoms with Crippen LogP contribution < -0.4 is 10.4 Å². The van der Waals surface area contributed by atoms with Crippen LogP contribution in [0.5, 0.6) is 0 Å². The van der Waals surface area contributed by atoms with Crippen molar-refractivity contribution >= 4 is 23.6 Å². The number of hydrogen-bond donors (Lipinski definition) is 1. The Labute approximate surface area is 162 Å². The highest BCUT2D eigenvalue weighted by atomic mass is 35.5. The zero-order chi connectivity index (χ0) is 20.3. The molecule has 0 aliphatic rings. The van der Waals surface area contributed by atoms with Crippen molar-refractivity contribution in [3.63, 3.8) is 0 Å². The van der Waals surface area contributed by atoms with E-state index in [-0.39, 0.29) is 17.5 Å². The van der Waals surface area contributed by atoms with Crippen LogP contribution in [0.1, 0.15) is 28.2 Å². The quantitative estimate of drug-likeness (QED) is 0.459. The first-order chi connectivity index (χ1) is 13.4. The molecule has 6 nitrogen and oxygen atoms in total. The summed E-state index contributed by atoms with van der Waals surface area (Å²) in [5, 5.41) is 8.47. The second-order valence-electron chi connectivity index (χ2n) is 5.69. The largest absolute Gasteiger partial charge is 0.415 e. The fourth-order valence-electron chi connectivity index (χ4n) is 2.54. The van der Waals surface area contributed by atoms with Crippen LogP contribution in [-0.2, 0) is 6.54 Å². The van der Waals surface area contributed by atoms with Crippen molar-refractivity contribution in [3.05, 3.63) is 64.3 Å². The molecular weight excluding hydrogens is 397 g/mol. The summed E-state index contributed by atoms with van der Waals surface area (Å²) in [7, 11) is 1.66. The van der Waals surface area contributed by atoms with Crippen LogP contribution in [0.4, 0.5) is 18.9 Å². The van der Waals surface area contributed by atoms with Gasteiger partial charge < -0.3 is 9.43 Å². The van der Waals surface area contributed by atoms with Crippen LogP contribution in [0.25, 0.3) is 11.5 Å². The zero-order valence-electron chi connectivity index (χ0n) is 14.5. The minimum absolute atomic E-state index is 0.0325. The van der Waals surface area contributed by atoms with Gasteiger partial charge >= 0.3 is 6.43 Å². The van der Waals surface area contributed by atoms with Crippen LogP contribution in [0.15, 0.2) is 40.8 Å². The molecule has 3 rings (SSSR count). The second kappa shape index (κ2) is 8.41. The minimum atomic E-state index is -2.88. The highest BCUT2D eigenvalue weighted by molar-refractivity contribution is 6.31. The van der Waals surface area contributed by atoms with Gasteiger partial charge in [0.25, 0.3) is 5.89 Å². The van der Waals surface area contributed by atoms with E-state index in [4.69, 9.17) is 16.0 Å². The number of hydrogen-bond acceptors (Lipinski definition) is 6. The molecule has 146 valence electrons. The van der Waals surface area contributed by atoms with Crippen LogP contribution >= 0.6 is 11.6 Å². The molecule has 1 heterocycles. The van der Waals surface area contributed by atoms with E-state index in [0.717, 1.165) is 0 Å². The molecule has 0 aliphatic carbocycles. The van der Waals surface area contributed by atoms with Crippen molar-refractivity contribution in [2.45, 2.75) is 13.0 Å². The number of anilines is 1. The van der Waals surface area contributed by atoms with E-state index in [1.165, 1.54) is 24.3 Å². The molecule has 10 heteroatoms. The highest BCUT2D eigenvalue weighted by Crippen LogP contribution is 2.27. The molecule has 28 heavy (non-hydrogen) atoms. The van der Waals surface area contributed by atoms with Crippen molar-refractivity contribution in [1.82, 2.24) is 15.6 Å². The van der Waals surface area contributed by atoms with Gasteiger partial charge in [-0.25, -0.2) is 9.82 Å². The predicted octanol–water partition coefficient (Wildman–Crippen LogP) is 4.42. The second-order valence-corrected chi connectivity index (χ2v) is 6.09. The molecule has 2 aromatic carbocycles. The first-order valence-corrected chi connectivity index (χ1v) is 8.40. The van der Waals surface area contributed by atoms with Gasteiger partial charge in [0, 0.05) is 18.2 Å². The van der Waals surface area contributed by atoms with Crippen molar-refractivity contribution in [2.24, 2.45) is 0 Å². The number of hydrazine groups is 1. The van der Waals surface area contributed by atoms with Gasteiger partial charge in [-0.3, -0.25) is 4.79 Å². The minimum Gasteiger partial charge on any atom is -0.415 e. The average molecular weight is 411 g/mol. The fourth-order valence-corrected chi connectivity index (χ4v) is 2.72. The zero-order valence-corrected chi connectivity index (χ0v) is 15.3. The third-order valence-corrected chi connectivity index (χ3v) is 4.25. The van der Waals surface area contributed by atoms with Crippen molar-refractivity contribution in [3.8, 4) is 11.5 Å². The monoisotopic (exact) mass is 410 g/mol. The van der Waals surface area contributed by atoms with Crippen LogP contribution in [-0.4, -0.2) is 23.5 Å². The summed E-state index contributed by atoms with van der Waals surface area (Å²) >= 11 is 5.83. The Bertz CT molecular complexity index is 997. The molecule has 0 aliphatic heterocycles. The van der Waals surface area contributed by atoms with E-state index in [2.05, 4.69) is 15.6 Å². The van der Waals surface area contributed by atoms with E-state index in [0.29, 0.717) is 28.7 Å². The van der Waals surface area contributed by atoms with Gasteiger partial charge in [-0.05, 0) is 35.9 Å². The lowest BCUT2D eigenvalue weighted by Gasteiger charge is -2.24. The molecular formula is C18H14ClF3N4O2. The molecule has 0 atom stereocenters. The van der Waals surface area contributed by atoms with E-state index < -0.39 is 18.1 Å². The van der Waals surface area contributed by atoms with E-state index in [1.807, 2.05) is 0 Å². The Balaban J connectivity index is 1.88. The Morgan fingerprint density at radius 1 is 1.25 bits per heavy atom. The highest BCUT2D eigenvalue weighted by Gasteiger charge is 2.18. The van der Waals surface area contributed by atoms with E-state index in [1.54, 1.807) is 24.2 Å². The normalized spacial score (nSPS) is 11.1. The number of benzene rings is 2. The van der Waals surface area contributed by atoms with Crippen molar-refractivity contribution in [2.75, 3.05) is 12.1 Å². The third-order valence-electron chi connectivity index (χ3n) is 3.96. The van der Waals surface area contributed by atoms with Crippen molar-refractivity contribution in [1.29, 1.82) is 0 Å². The molecule has 0 amide bonds. The fraction of sp³-hybridized carbons (Fsp3) is 0.167. The molecule has 0 unspecified atom stereocenters. The maximum absolute atomic E-state index is 13.4. The Kier molecular flexibility index (Phi) is 5.96. The molecule has 0 fully saturated rings. The van der Waals surface area contributed by atoms with Gasteiger partial charge in [-0.1, -0.05) is 17.7 Å². The summed E-state index contributed by atoms with van der Waals surface area (Å²) in [5.74, 6) is -1.44. The number of alkyl halides is 2. The van der Waals surface area contributed by atoms with E-state index >= 15 is 0 Å². The van der Waals surface area contributed by atoms with Crippen LogP contribution in [0, 0.1) is 5.82 Å². The van der Waals surface area contributed by atoms with E-state index in [9.17, 15) is 18.0 Å². The number of aldehydes is 1. The molecule has 0 bridgehead atoms. The van der Waals surface area contributed by atoms with Gasteiger partial charge in [-0.15, -0.1) is 10.2 Å². The first kappa shape index (κ1) is 19.8. The van der Waals surface area contributed by atoms with Gasteiger partial charge in [0.1, 0.15) is 12.1 Å². The molecule has 0 saturated carbocycles. The summed E-state index contributed by atoms with van der Waals surface area (Å²) in [5.41, 5.74) is 4.80. The van der Waals surface area contributed by atoms with Crippen LogP contribution in [0.2, 0.25) is 5.02 Å². The SMILES string of the molecule is CNN(Cc1ccc(-c2nnc(C(F)F)o2)cc1C=O)c1ccc(F)c(Cl)c1. The van der Waals surface area contributed by atoms with Gasteiger partial charge in [-0.2, -0.15) is 8.78 Å². The lowest BCUT2D eigenvalue weighted by atomic mass is 10.0. The smallest absolute Gasteiger partial charge is 0.314 e. The topological polar surface area (TPSA) is 71.3 Å². The number of carbonyl (C=O) groups excluding carboxylic acids is 1. The average Bonchev–Trinajstić information content (AvgIpc) is 3.19. The standard InChI is InChI=1S/C18H14ClF3N4O2/c1-23-26(13-4-5-15(20)14(19)7-13)8-11-3-2-10(6-12(11)9-27)17-24-25-18(28-17)16(21)22/h2-7,9,16,23H,8H2,1H3. The summed E-state index contributed by atoms with van der Waals surface area (Å²) in [4.78, 5) is 11.5. The molecule has 0 spiro atoms. The lowest BCUT2D eigenvalue weighted by Crippen LogP contribution is -2.34. The predicted molar refractivity (Wildman–Crippen MR) is 96.7 cm³/mol. The third kappa shape index (κ3) is 4.15. The van der Waals surface area contributed by atoms with Gasteiger partial charge in [0.05, 0.1) is 17.3 Å². The molecule has 1 aromatic heterocycles. The first-order valence-electron chi connectivity index (χ1n) is 8.03. The van der Waals surface area contributed by atoms with Crippen LogP contribution in [0.3, 0.4) is 0 Å². The maximum Gasteiger partial charge on any atom is 0.314 e.